The van der Waals surface area contributed by atoms with E-state index in [4.69, 9.17) is 0 Å². The molecule has 0 unspecified atom stereocenters. The molecule has 0 bridgehead atoms. The van der Waals surface area contributed by atoms with Gasteiger partial charge in [0.2, 0.25) is 11.8 Å². The second-order valence-corrected chi connectivity index (χ2v) is 8.40. The minimum absolute atomic E-state index is 0.0279. The molecule has 6 heteroatoms. The van der Waals surface area contributed by atoms with Crippen LogP contribution < -0.4 is 5.32 Å². The van der Waals surface area contributed by atoms with Gasteiger partial charge in [0.25, 0.3) is 0 Å². The SMILES string of the molecule is Cc1cccc(CN2CCN3C(=O)[C@H](Cc4c[nH]c5ccccc45)NC(=O)[C@H]3C2)c1. The molecule has 154 valence electrons. The van der Waals surface area contributed by atoms with Crippen LogP contribution in [0.5, 0.6) is 0 Å². The van der Waals surface area contributed by atoms with E-state index in [0.717, 1.165) is 29.6 Å². The molecule has 2 aliphatic heterocycles. The number of piperazine rings is 2. The molecular weight excluding hydrogens is 376 g/mol. The topological polar surface area (TPSA) is 68.4 Å². The fourth-order valence-electron chi connectivity index (χ4n) is 4.73. The molecule has 5 rings (SSSR count). The van der Waals surface area contributed by atoms with Gasteiger partial charge >= 0.3 is 0 Å². The van der Waals surface area contributed by atoms with Crippen LogP contribution in [0.3, 0.4) is 0 Å². The quantitative estimate of drug-likeness (QED) is 0.703. The molecule has 2 N–H and O–H groups in total. The molecule has 3 heterocycles. The van der Waals surface area contributed by atoms with Crippen molar-refractivity contribution in [2.24, 2.45) is 0 Å². The Hall–Kier alpha value is -3.12. The van der Waals surface area contributed by atoms with Crippen molar-refractivity contribution in [3.63, 3.8) is 0 Å². The summed E-state index contributed by atoms with van der Waals surface area (Å²) in [6.07, 6.45) is 2.45. The van der Waals surface area contributed by atoms with Crippen LogP contribution in [0, 0.1) is 6.92 Å². The van der Waals surface area contributed by atoms with Crippen molar-refractivity contribution in [2.75, 3.05) is 19.6 Å². The van der Waals surface area contributed by atoms with E-state index in [1.807, 2.05) is 30.5 Å². The van der Waals surface area contributed by atoms with E-state index >= 15 is 0 Å². The summed E-state index contributed by atoms with van der Waals surface area (Å²) in [5, 5.41) is 4.09. The largest absolute Gasteiger partial charge is 0.361 e. The predicted octanol–water partition coefficient (Wildman–Crippen LogP) is 2.23. The molecular formula is C24H26N4O2. The highest BCUT2D eigenvalue weighted by molar-refractivity contribution is 5.98. The van der Waals surface area contributed by atoms with Gasteiger partial charge in [-0.25, -0.2) is 0 Å². The number of hydrogen-bond donors (Lipinski definition) is 2. The summed E-state index contributed by atoms with van der Waals surface area (Å²) in [7, 11) is 0. The second kappa shape index (κ2) is 7.61. The number of H-pyrrole nitrogens is 1. The molecule has 2 atom stereocenters. The van der Waals surface area contributed by atoms with E-state index in [1.54, 1.807) is 4.90 Å². The van der Waals surface area contributed by atoms with Gasteiger partial charge in [0, 0.05) is 49.7 Å². The number of fused-ring (bicyclic) bond motifs is 2. The summed E-state index contributed by atoms with van der Waals surface area (Å²) < 4.78 is 0. The van der Waals surface area contributed by atoms with Gasteiger partial charge in [-0.2, -0.15) is 0 Å². The number of carbonyl (C=O) groups excluding carboxylic acids is 2. The molecule has 2 fully saturated rings. The molecule has 3 aromatic rings. The first kappa shape index (κ1) is 18.9. The zero-order chi connectivity index (χ0) is 20.7. The highest BCUT2D eigenvalue weighted by Gasteiger charge is 2.43. The summed E-state index contributed by atoms with van der Waals surface area (Å²) in [5.41, 5.74) is 4.57. The van der Waals surface area contributed by atoms with Crippen molar-refractivity contribution < 1.29 is 9.59 Å². The van der Waals surface area contributed by atoms with Crippen molar-refractivity contribution >= 4 is 22.7 Å². The third kappa shape index (κ3) is 3.48. The second-order valence-electron chi connectivity index (χ2n) is 8.40. The molecule has 6 nitrogen and oxygen atoms in total. The number of benzene rings is 2. The van der Waals surface area contributed by atoms with Gasteiger partial charge in [-0.1, -0.05) is 48.0 Å². The first-order valence-corrected chi connectivity index (χ1v) is 10.5. The van der Waals surface area contributed by atoms with Crippen LogP contribution in [0.1, 0.15) is 16.7 Å². The lowest BCUT2D eigenvalue weighted by molar-refractivity contribution is -0.153. The lowest BCUT2D eigenvalue weighted by Gasteiger charge is -2.45. The summed E-state index contributed by atoms with van der Waals surface area (Å²) in [5.74, 6) is -0.0199. The molecule has 30 heavy (non-hydrogen) atoms. The average molecular weight is 402 g/mol. The van der Waals surface area contributed by atoms with E-state index in [-0.39, 0.29) is 11.8 Å². The van der Waals surface area contributed by atoms with Crippen LogP contribution in [0.2, 0.25) is 0 Å². The van der Waals surface area contributed by atoms with Gasteiger partial charge < -0.3 is 15.2 Å². The molecule has 1 aromatic heterocycles. The van der Waals surface area contributed by atoms with Crippen molar-refractivity contribution in [1.82, 2.24) is 20.1 Å². The van der Waals surface area contributed by atoms with Gasteiger partial charge in [-0.3, -0.25) is 14.5 Å². The van der Waals surface area contributed by atoms with Crippen LogP contribution in [-0.2, 0) is 22.6 Å². The Labute approximate surface area is 175 Å². The maximum absolute atomic E-state index is 13.2. The van der Waals surface area contributed by atoms with Crippen molar-refractivity contribution in [3.05, 3.63) is 71.4 Å². The molecule has 2 saturated heterocycles. The van der Waals surface area contributed by atoms with Crippen LogP contribution in [-0.4, -0.2) is 58.3 Å². The van der Waals surface area contributed by atoms with Crippen molar-refractivity contribution in [1.29, 1.82) is 0 Å². The average Bonchev–Trinajstić information content (AvgIpc) is 3.15. The summed E-state index contributed by atoms with van der Waals surface area (Å²) >= 11 is 0. The number of aromatic nitrogens is 1. The molecule has 2 aromatic carbocycles. The Balaban J connectivity index is 1.28. The van der Waals surface area contributed by atoms with Crippen LogP contribution >= 0.6 is 0 Å². The zero-order valence-corrected chi connectivity index (χ0v) is 17.1. The molecule has 0 saturated carbocycles. The number of amides is 2. The van der Waals surface area contributed by atoms with Crippen molar-refractivity contribution in [3.8, 4) is 0 Å². The fraction of sp³-hybridized carbons (Fsp3) is 0.333. The molecule has 2 aliphatic rings. The smallest absolute Gasteiger partial charge is 0.246 e. The molecule has 0 spiro atoms. The predicted molar refractivity (Wildman–Crippen MR) is 116 cm³/mol. The first-order chi connectivity index (χ1) is 14.6. The number of nitrogens with zero attached hydrogens (tertiary/aromatic N) is 2. The Morgan fingerprint density at radius 3 is 2.80 bits per heavy atom. The standard InChI is InChI=1S/C24H26N4O2/c1-16-5-4-6-17(11-16)14-27-9-10-28-22(15-27)23(29)26-21(24(28)30)12-18-13-25-20-8-3-2-7-19(18)20/h2-8,11,13,21-22,25H,9-10,12,14-15H2,1H3,(H,26,29)/t21-,22+/m0/s1. The number of aryl methyl sites for hydroxylation is 1. The Bertz CT molecular complexity index is 1110. The maximum atomic E-state index is 13.2. The lowest BCUT2D eigenvalue weighted by atomic mass is 9.98. The normalized spacial score (nSPS) is 22.2. The number of para-hydroxylation sites is 1. The highest BCUT2D eigenvalue weighted by Crippen LogP contribution is 2.23. The number of rotatable bonds is 4. The van der Waals surface area contributed by atoms with Gasteiger partial charge in [0.1, 0.15) is 12.1 Å². The zero-order valence-electron chi connectivity index (χ0n) is 17.1. The number of aromatic amines is 1. The lowest BCUT2D eigenvalue weighted by Crippen LogP contribution is -2.69. The van der Waals surface area contributed by atoms with Crippen molar-refractivity contribution in [2.45, 2.75) is 32.0 Å². The summed E-state index contributed by atoms with van der Waals surface area (Å²) in [6, 6.07) is 15.6. The fourth-order valence-corrected chi connectivity index (χ4v) is 4.73. The van der Waals surface area contributed by atoms with Gasteiger partial charge in [-0.15, -0.1) is 0 Å². The van der Waals surface area contributed by atoms with Crippen LogP contribution in [0.4, 0.5) is 0 Å². The van der Waals surface area contributed by atoms with Gasteiger partial charge in [0.05, 0.1) is 0 Å². The minimum Gasteiger partial charge on any atom is -0.361 e. The van der Waals surface area contributed by atoms with E-state index in [9.17, 15) is 9.59 Å². The van der Waals surface area contributed by atoms with E-state index in [1.165, 1.54) is 11.1 Å². The van der Waals surface area contributed by atoms with Gasteiger partial charge in [0.15, 0.2) is 0 Å². The van der Waals surface area contributed by atoms with E-state index in [2.05, 4.69) is 46.4 Å². The number of carbonyl (C=O) groups is 2. The summed E-state index contributed by atoms with van der Waals surface area (Å²) in [6.45, 7) is 4.83. The minimum atomic E-state index is -0.503. The monoisotopic (exact) mass is 402 g/mol. The molecule has 0 radical (unpaired) electrons. The third-order valence-corrected chi connectivity index (χ3v) is 6.25. The Kier molecular flexibility index (Phi) is 4.79. The number of hydrogen-bond acceptors (Lipinski definition) is 3. The highest BCUT2D eigenvalue weighted by atomic mass is 16.2. The van der Waals surface area contributed by atoms with Gasteiger partial charge in [-0.05, 0) is 24.1 Å². The van der Waals surface area contributed by atoms with E-state index in [0.29, 0.717) is 19.5 Å². The molecule has 0 aliphatic carbocycles. The maximum Gasteiger partial charge on any atom is 0.246 e. The van der Waals surface area contributed by atoms with E-state index < -0.39 is 12.1 Å². The third-order valence-electron chi connectivity index (χ3n) is 6.25. The summed E-state index contributed by atoms with van der Waals surface area (Å²) in [4.78, 5) is 33.3. The van der Waals surface area contributed by atoms with Crippen LogP contribution in [0.15, 0.2) is 54.7 Å². The Morgan fingerprint density at radius 2 is 1.93 bits per heavy atom. The first-order valence-electron chi connectivity index (χ1n) is 10.5. The number of nitrogens with one attached hydrogen (secondary N) is 2. The molecule has 2 amide bonds. The Morgan fingerprint density at radius 1 is 1.07 bits per heavy atom. The van der Waals surface area contributed by atoms with Crippen LogP contribution in [0.25, 0.3) is 10.9 Å².